The van der Waals surface area contributed by atoms with Gasteiger partial charge >= 0.3 is 0 Å². The Labute approximate surface area is 122 Å². The number of aliphatic hydroxyl groups excluding tert-OH is 1. The lowest BCUT2D eigenvalue weighted by molar-refractivity contribution is 0.186. The van der Waals surface area contributed by atoms with Crippen LogP contribution in [0.15, 0.2) is 43.0 Å². The fraction of sp³-hybridized carbons (Fsp3) is 0.286. The number of nitrogens with one attached hydrogen (secondary N) is 1. The van der Waals surface area contributed by atoms with Crippen LogP contribution in [0, 0.1) is 0 Å². The van der Waals surface area contributed by atoms with Crippen LogP contribution in [0.1, 0.15) is 17.4 Å². The maximum absolute atomic E-state index is 11.6. The Morgan fingerprint density at radius 2 is 2.15 bits per heavy atom. The van der Waals surface area contributed by atoms with Gasteiger partial charge in [-0.15, -0.1) is 17.9 Å². The van der Waals surface area contributed by atoms with E-state index in [-0.39, 0.29) is 12.3 Å². The minimum Gasteiger partial charge on any atom is -0.386 e. The average molecular weight is 311 g/mol. The first-order valence-electron chi connectivity index (χ1n) is 6.26. The average Bonchev–Trinajstić information content (AvgIpc) is 2.86. The van der Waals surface area contributed by atoms with Crippen molar-refractivity contribution in [3.63, 3.8) is 0 Å². The summed E-state index contributed by atoms with van der Waals surface area (Å²) in [4.78, 5) is 0.762. The van der Waals surface area contributed by atoms with Crippen LogP contribution in [0.5, 0.6) is 0 Å². The van der Waals surface area contributed by atoms with Crippen LogP contribution in [0.25, 0.3) is 10.1 Å². The summed E-state index contributed by atoms with van der Waals surface area (Å²) in [6.45, 7) is 3.48. The van der Waals surface area contributed by atoms with Gasteiger partial charge < -0.3 is 5.11 Å². The van der Waals surface area contributed by atoms with Gasteiger partial charge in [0.05, 0.1) is 5.75 Å². The molecule has 108 valence electrons. The van der Waals surface area contributed by atoms with Gasteiger partial charge in [-0.25, -0.2) is 13.1 Å². The van der Waals surface area contributed by atoms with Gasteiger partial charge in [0.1, 0.15) is 6.10 Å². The van der Waals surface area contributed by atoms with E-state index < -0.39 is 16.1 Å². The van der Waals surface area contributed by atoms with Gasteiger partial charge in [0.2, 0.25) is 10.0 Å². The standard InChI is InChI=1S/C14H17NO3S2/c1-2-3-8-20(17,18)15-10-12(16)14-9-11-6-4-5-7-13(11)19-14/h2,4-7,9,12,15-16H,1,3,8,10H2. The second-order valence-corrected chi connectivity index (χ2v) is 7.49. The quantitative estimate of drug-likeness (QED) is 0.772. The van der Waals surface area contributed by atoms with Crippen molar-refractivity contribution in [1.82, 2.24) is 4.72 Å². The zero-order chi connectivity index (χ0) is 14.6. The third-order valence-electron chi connectivity index (χ3n) is 2.86. The maximum atomic E-state index is 11.6. The van der Waals surface area contributed by atoms with Crippen LogP contribution < -0.4 is 4.72 Å². The molecule has 0 aliphatic rings. The molecule has 4 nitrogen and oxygen atoms in total. The molecule has 0 bridgehead atoms. The summed E-state index contributed by atoms with van der Waals surface area (Å²) in [6, 6.07) is 9.71. The van der Waals surface area contributed by atoms with E-state index in [0.29, 0.717) is 6.42 Å². The molecule has 1 atom stereocenters. The van der Waals surface area contributed by atoms with Gasteiger partial charge in [-0.1, -0.05) is 24.3 Å². The van der Waals surface area contributed by atoms with E-state index in [2.05, 4.69) is 11.3 Å². The molecule has 1 aromatic carbocycles. The number of rotatable bonds is 7. The largest absolute Gasteiger partial charge is 0.386 e. The van der Waals surface area contributed by atoms with Gasteiger partial charge in [0, 0.05) is 16.1 Å². The van der Waals surface area contributed by atoms with Crippen molar-refractivity contribution in [2.45, 2.75) is 12.5 Å². The third kappa shape index (κ3) is 3.89. The molecule has 0 amide bonds. The Kier molecular flexibility index (Phi) is 4.93. The normalized spacial score (nSPS) is 13.4. The number of allylic oxidation sites excluding steroid dienone is 1. The summed E-state index contributed by atoms with van der Waals surface area (Å²) >= 11 is 1.47. The number of benzene rings is 1. The minimum atomic E-state index is -3.35. The molecule has 0 saturated heterocycles. The van der Waals surface area contributed by atoms with Crippen molar-refractivity contribution >= 4 is 31.4 Å². The molecule has 1 unspecified atom stereocenters. The highest BCUT2D eigenvalue weighted by Crippen LogP contribution is 2.29. The van der Waals surface area contributed by atoms with Gasteiger partial charge in [-0.2, -0.15) is 0 Å². The summed E-state index contributed by atoms with van der Waals surface area (Å²) in [7, 11) is -3.35. The predicted octanol–water partition coefficient (Wildman–Crippen LogP) is 2.43. The van der Waals surface area contributed by atoms with Gasteiger partial charge in [-0.3, -0.25) is 0 Å². The zero-order valence-electron chi connectivity index (χ0n) is 11.0. The summed E-state index contributed by atoms with van der Waals surface area (Å²) < 4.78 is 26.8. The second kappa shape index (κ2) is 6.49. The number of hydrogen-bond acceptors (Lipinski definition) is 4. The molecular weight excluding hydrogens is 294 g/mol. The van der Waals surface area contributed by atoms with Crippen LogP contribution in [0.3, 0.4) is 0 Å². The molecule has 0 saturated carbocycles. The monoisotopic (exact) mass is 311 g/mol. The summed E-state index contributed by atoms with van der Waals surface area (Å²) in [5.74, 6) is -0.00433. The molecule has 0 fully saturated rings. The molecule has 20 heavy (non-hydrogen) atoms. The van der Waals surface area contributed by atoms with E-state index in [9.17, 15) is 13.5 Å². The van der Waals surface area contributed by atoms with Crippen LogP contribution in [-0.4, -0.2) is 25.8 Å². The first-order valence-corrected chi connectivity index (χ1v) is 8.73. The van der Waals surface area contributed by atoms with Crippen LogP contribution in [0.4, 0.5) is 0 Å². The lowest BCUT2D eigenvalue weighted by Gasteiger charge is -2.10. The SMILES string of the molecule is C=CCCS(=O)(=O)NCC(O)c1cc2ccccc2s1. The first kappa shape index (κ1) is 15.2. The highest BCUT2D eigenvalue weighted by Gasteiger charge is 2.15. The minimum absolute atomic E-state index is 0.00433. The highest BCUT2D eigenvalue weighted by atomic mass is 32.2. The molecular formula is C14H17NO3S2. The highest BCUT2D eigenvalue weighted by molar-refractivity contribution is 7.89. The lowest BCUT2D eigenvalue weighted by Crippen LogP contribution is -2.30. The smallest absolute Gasteiger partial charge is 0.211 e. The van der Waals surface area contributed by atoms with Crippen molar-refractivity contribution in [2.75, 3.05) is 12.3 Å². The molecule has 6 heteroatoms. The Balaban J connectivity index is 2.01. The Morgan fingerprint density at radius 1 is 1.40 bits per heavy atom. The molecule has 0 spiro atoms. The molecule has 0 radical (unpaired) electrons. The molecule has 2 N–H and O–H groups in total. The van der Waals surface area contributed by atoms with Crippen LogP contribution >= 0.6 is 11.3 Å². The van der Waals surface area contributed by atoms with Crippen LogP contribution in [0.2, 0.25) is 0 Å². The van der Waals surface area contributed by atoms with E-state index in [1.807, 2.05) is 30.3 Å². The molecule has 0 aliphatic carbocycles. The number of aliphatic hydroxyl groups is 1. The Morgan fingerprint density at radius 3 is 2.85 bits per heavy atom. The number of fused-ring (bicyclic) bond motifs is 1. The van der Waals surface area contributed by atoms with E-state index in [4.69, 9.17) is 0 Å². The Hall–Kier alpha value is -1.21. The maximum Gasteiger partial charge on any atom is 0.211 e. The van der Waals surface area contributed by atoms with Gasteiger partial charge in [0.25, 0.3) is 0 Å². The molecule has 0 aliphatic heterocycles. The van der Waals surface area contributed by atoms with Crippen molar-refractivity contribution in [2.24, 2.45) is 0 Å². The topological polar surface area (TPSA) is 66.4 Å². The van der Waals surface area contributed by atoms with E-state index in [0.717, 1.165) is 15.0 Å². The van der Waals surface area contributed by atoms with E-state index in [1.165, 1.54) is 11.3 Å². The van der Waals surface area contributed by atoms with Crippen LogP contribution in [-0.2, 0) is 10.0 Å². The zero-order valence-corrected chi connectivity index (χ0v) is 12.6. The summed E-state index contributed by atoms with van der Waals surface area (Å²) in [5, 5.41) is 11.1. The third-order valence-corrected chi connectivity index (χ3v) is 5.46. The molecule has 2 rings (SSSR count). The Bertz CT molecular complexity index is 658. The molecule has 2 aromatic rings. The van der Waals surface area contributed by atoms with Gasteiger partial charge in [-0.05, 0) is 23.9 Å². The fourth-order valence-corrected chi connectivity index (χ4v) is 3.87. The fourth-order valence-electron chi connectivity index (χ4n) is 1.78. The lowest BCUT2D eigenvalue weighted by atomic mass is 10.2. The second-order valence-electron chi connectivity index (χ2n) is 4.45. The van der Waals surface area contributed by atoms with Gasteiger partial charge in [0.15, 0.2) is 0 Å². The van der Waals surface area contributed by atoms with Crippen molar-refractivity contribution in [3.05, 3.63) is 47.9 Å². The molecule has 1 heterocycles. The molecule has 1 aromatic heterocycles. The van der Waals surface area contributed by atoms with E-state index in [1.54, 1.807) is 6.08 Å². The predicted molar refractivity (Wildman–Crippen MR) is 83.4 cm³/mol. The van der Waals surface area contributed by atoms with Crippen molar-refractivity contribution in [1.29, 1.82) is 0 Å². The summed E-state index contributed by atoms with van der Waals surface area (Å²) in [5.41, 5.74) is 0. The van der Waals surface area contributed by atoms with Crippen molar-refractivity contribution < 1.29 is 13.5 Å². The number of hydrogen-bond donors (Lipinski definition) is 2. The van der Waals surface area contributed by atoms with E-state index >= 15 is 0 Å². The van der Waals surface area contributed by atoms with Crippen molar-refractivity contribution in [3.8, 4) is 0 Å². The first-order chi connectivity index (χ1) is 9.52. The summed E-state index contributed by atoms with van der Waals surface area (Å²) in [6.07, 6.45) is 1.13. The number of thiophene rings is 1. The number of sulfonamides is 1.